The molecule has 0 saturated heterocycles. The Morgan fingerprint density at radius 2 is 1.49 bits per heavy atom. The predicted octanol–water partition coefficient (Wildman–Crippen LogP) is 8.06. The number of para-hydroxylation sites is 2. The van der Waals surface area contributed by atoms with Gasteiger partial charge in [-0.2, -0.15) is 0 Å². The van der Waals surface area contributed by atoms with Crippen LogP contribution >= 0.6 is 11.3 Å². The summed E-state index contributed by atoms with van der Waals surface area (Å²) < 4.78 is 6.98. The number of fused-ring (bicyclic) bond motifs is 1. The first kappa shape index (κ1) is 22.8. The van der Waals surface area contributed by atoms with Gasteiger partial charge in [0.15, 0.2) is 5.13 Å². The average molecular weight is 479 g/mol. The van der Waals surface area contributed by atoms with Crippen LogP contribution < -0.4 is 9.64 Å². The normalized spacial score (nSPS) is 11.1. The summed E-state index contributed by atoms with van der Waals surface area (Å²) >= 11 is 1.55. The Kier molecular flexibility index (Phi) is 6.59. The molecule has 35 heavy (non-hydrogen) atoms. The monoisotopic (exact) mass is 478 g/mol. The maximum Gasteiger partial charge on any atom is 0.260 e. The van der Waals surface area contributed by atoms with Crippen molar-refractivity contribution in [3.05, 3.63) is 120 Å². The number of hydrogen-bond acceptors (Lipinski definition) is 4. The largest absolute Gasteiger partial charge is 0.457 e. The Morgan fingerprint density at radius 3 is 2.17 bits per heavy atom. The highest BCUT2D eigenvalue weighted by atomic mass is 32.1. The molecule has 0 aliphatic rings. The van der Waals surface area contributed by atoms with Crippen LogP contribution in [0.3, 0.4) is 0 Å². The van der Waals surface area contributed by atoms with Crippen molar-refractivity contribution >= 4 is 32.6 Å². The molecule has 5 aromatic rings. The fourth-order valence-corrected chi connectivity index (χ4v) is 4.98. The van der Waals surface area contributed by atoms with Crippen molar-refractivity contribution in [1.29, 1.82) is 0 Å². The van der Waals surface area contributed by atoms with E-state index in [4.69, 9.17) is 9.72 Å². The van der Waals surface area contributed by atoms with Crippen LogP contribution in [0.1, 0.15) is 41.3 Å². The van der Waals surface area contributed by atoms with Crippen molar-refractivity contribution in [3.8, 4) is 11.5 Å². The maximum absolute atomic E-state index is 13.8. The van der Waals surface area contributed by atoms with E-state index in [1.54, 1.807) is 16.2 Å². The number of thiazole rings is 1. The molecule has 0 spiro atoms. The lowest BCUT2D eigenvalue weighted by atomic mass is 10.0. The van der Waals surface area contributed by atoms with E-state index in [2.05, 4.69) is 32.0 Å². The van der Waals surface area contributed by atoms with Gasteiger partial charge in [-0.15, -0.1) is 0 Å². The van der Waals surface area contributed by atoms with Crippen molar-refractivity contribution in [2.24, 2.45) is 0 Å². The number of carbonyl (C=O) groups is 1. The molecule has 1 aromatic heterocycles. The molecule has 0 N–H and O–H groups in total. The topological polar surface area (TPSA) is 42.4 Å². The molecule has 0 unspecified atom stereocenters. The van der Waals surface area contributed by atoms with Gasteiger partial charge in [-0.1, -0.05) is 85.8 Å². The Balaban J connectivity index is 1.48. The number of benzene rings is 4. The van der Waals surface area contributed by atoms with Gasteiger partial charge in [-0.25, -0.2) is 4.98 Å². The maximum atomic E-state index is 13.8. The number of hydrogen-bond donors (Lipinski definition) is 0. The standard InChI is InChI=1S/C30H26N2O2S/c1-21(2)26-14-9-15-27-28(26)31-30(35-27)32(20-22-10-5-3-6-11-22)29(33)23-16-18-25(19-17-23)34-24-12-7-4-8-13-24/h3-19,21H,20H2,1-2H3. The second-order valence-corrected chi connectivity index (χ2v) is 9.67. The second kappa shape index (κ2) is 10.1. The third-order valence-electron chi connectivity index (χ3n) is 5.80. The van der Waals surface area contributed by atoms with E-state index >= 15 is 0 Å². The molecule has 5 rings (SSSR count). The first-order valence-corrected chi connectivity index (χ1v) is 12.5. The Morgan fingerprint density at radius 1 is 0.829 bits per heavy atom. The molecule has 4 aromatic carbocycles. The van der Waals surface area contributed by atoms with Gasteiger partial charge in [-0.05, 0) is 59.5 Å². The van der Waals surface area contributed by atoms with Crippen LogP contribution in [0.15, 0.2) is 103 Å². The lowest BCUT2D eigenvalue weighted by Gasteiger charge is -2.20. The zero-order valence-corrected chi connectivity index (χ0v) is 20.5. The van der Waals surface area contributed by atoms with Gasteiger partial charge < -0.3 is 4.74 Å². The fourth-order valence-electron chi connectivity index (χ4n) is 3.98. The smallest absolute Gasteiger partial charge is 0.260 e. The van der Waals surface area contributed by atoms with E-state index in [9.17, 15) is 4.79 Å². The molecule has 0 fully saturated rings. The SMILES string of the molecule is CC(C)c1cccc2sc(N(Cc3ccccc3)C(=O)c3ccc(Oc4ccccc4)cc3)nc12. The highest BCUT2D eigenvalue weighted by Crippen LogP contribution is 2.35. The molecular formula is C30H26N2O2S. The minimum atomic E-state index is -0.0923. The van der Waals surface area contributed by atoms with E-state index in [1.165, 1.54) is 5.56 Å². The van der Waals surface area contributed by atoms with Crippen molar-refractivity contribution in [2.75, 3.05) is 4.90 Å². The van der Waals surface area contributed by atoms with Crippen LogP contribution in [-0.2, 0) is 6.54 Å². The minimum Gasteiger partial charge on any atom is -0.457 e. The third kappa shape index (κ3) is 5.10. The van der Waals surface area contributed by atoms with E-state index in [0.717, 1.165) is 21.5 Å². The summed E-state index contributed by atoms with van der Waals surface area (Å²) in [5.41, 5.74) is 3.80. The van der Waals surface area contributed by atoms with Gasteiger partial charge in [0.1, 0.15) is 11.5 Å². The van der Waals surface area contributed by atoms with Gasteiger partial charge in [-0.3, -0.25) is 9.69 Å². The lowest BCUT2D eigenvalue weighted by Crippen LogP contribution is -2.30. The van der Waals surface area contributed by atoms with Gasteiger partial charge in [0, 0.05) is 5.56 Å². The van der Waals surface area contributed by atoms with Gasteiger partial charge in [0.2, 0.25) is 0 Å². The average Bonchev–Trinajstić information content (AvgIpc) is 3.32. The second-order valence-electron chi connectivity index (χ2n) is 8.66. The highest BCUT2D eigenvalue weighted by molar-refractivity contribution is 7.22. The summed E-state index contributed by atoms with van der Waals surface area (Å²) in [6.45, 7) is 4.78. The molecule has 0 bridgehead atoms. The molecule has 0 aliphatic carbocycles. The molecule has 0 saturated carbocycles. The van der Waals surface area contributed by atoms with E-state index in [1.807, 2.05) is 84.9 Å². The summed E-state index contributed by atoms with van der Waals surface area (Å²) in [6, 6.07) is 33.2. The molecule has 0 radical (unpaired) electrons. The summed E-state index contributed by atoms with van der Waals surface area (Å²) in [5, 5.41) is 0.701. The number of amides is 1. The number of anilines is 1. The summed E-state index contributed by atoms with van der Waals surface area (Å²) in [4.78, 5) is 20.5. The number of nitrogens with zero attached hydrogens (tertiary/aromatic N) is 2. The number of rotatable bonds is 7. The van der Waals surface area contributed by atoms with Crippen molar-refractivity contribution < 1.29 is 9.53 Å². The highest BCUT2D eigenvalue weighted by Gasteiger charge is 2.23. The number of ether oxygens (including phenoxy) is 1. The molecule has 5 heteroatoms. The fraction of sp³-hybridized carbons (Fsp3) is 0.133. The molecule has 1 amide bonds. The van der Waals surface area contributed by atoms with Crippen LogP contribution in [0.5, 0.6) is 11.5 Å². The van der Waals surface area contributed by atoms with E-state index < -0.39 is 0 Å². The van der Waals surface area contributed by atoms with Gasteiger partial charge >= 0.3 is 0 Å². The Hall–Kier alpha value is -3.96. The molecule has 0 aliphatic heterocycles. The molecular weight excluding hydrogens is 452 g/mol. The number of carbonyl (C=O) groups excluding carboxylic acids is 1. The first-order chi connectivity index (χ1) is 17.1. The van der Waals surface area contributed by atoms with E-state index in [-0.39, 0.29) is 5.91 Å². The molecule has 0 atom stereocenters. The van der Waals surface area contributed by atoms with Crippen LogP contribution in [0.25, 0.3) is 10.2 Å². The quantitative estimate of drug-likeness (QED) is 0.238. The zero-order chi connectivity index (χ0) is 24.2. The summed E-state index contributed by atoms with van der Waals surface area (Å²) in [6.07, 6.45) is 0. The van der Waals surface area contributed by atoms with Crippen molar-refractivity contribution in [3.63, 3.8) is 0 Å². The first-order valence-electron chi connectivity index (χ1n) is 11.7. The van der Waals surface area contributed by atoms with Crippen LogP contribution in [-0.4, -0.2) is 10.9 Å². The Bertz CT molecular complexity index is 1430. The molecule has 4 nitrogen and oxygen atoms in total. The molecule has 1 heterocycles. The van der Waals surface area contributed by atoms with Gasteiger partial charge in [0.25, 0.3) is 5.91 Å². The predicted molar refractivity (Wildman–Crippen MR) is 144 cm³/mol. The zero-order valence-electron chi connectivity index (χ0n) is 19.7. The summed E-state index contributed by atoms with van der Waals surface area (Å²) in [7, 11) is 0. The van der Waals surface area contributed by atoms with E-state index in [0.29, 0.717) is 28.9 Å². The van der Waals surface area contributed by atoms with Crippen LogP contribution in [0, 0.1) is 0 Å². The van der Waals surface area contributed by atoms with Crippen LogP contribution in [0.4, 0.5) is 5.13 Å². The minimum absolute atomic E-state index is 0.0923. The lowest BCUT2D eigenvalue weighted by molar-refractivity contribution is 0.0985. The number of aromatic nitrogens is 1. The van der Waals surface area contributed by atoms with Crippen molar-refractivity contribution in [2.45, 2.75) is 26.3 Å². The molecule has 174 valence electrons. The van der Waals surface area contributed by atoms with Crippen LogP contribution in [0.2, 0.25) is 0 Å². The summed E-state index contributed by atoms with van der Waals surface area (Å²) in [5.74, 6) is 1.70. The van der Waals surface area contributed by atoms with Gasteiger partial charge in [0.05, 0.1) is 16.8 Å². The Labute approximate surface area is 209 Å². The van der Waals surface area contributed by atoms with Crippen molar-refractivity contribution in [1.82, 2.24) is 4.98 Å². The third-order valence-corrected chi connectivity index (χ3v) is 6.84.